The number of ether oxygens (including phenoxy) is 1. The van der Waals surface area contributed by atoms with Crippen LogP contribution in [0.4, 0.5) is 5.82 Å². The zero-order chi connectivity index (χ0) is 14.2. The van der Waals surface area contributed by atoms with Crippen molar-refractivity contribution in [2.24, 2.45) is 0 Å². The Hall–Kier alpha value is -2.07. The van der Waals surface area contributed by atoms with Crippen molar-refractivity contribution in [1.29, 1.82) is 0 Å². The van der Waals surface area contributed by atoms with E-state index in [0.717, 1.165) is 18.6 Å². The molecule has 0 aliphatic heterocycles. The van der Waals surface area contributed by atoms with E-state index in [2.05, 4.69) is 10.3 Å². The van der Waals surface area contributed by atoms with Crippen molar-refractivity contribution in [2.45, 2.75) is 18.9 Å². The van der Waals surface area contributed by atoms with Crippen molar-refractivity contribution < 1.29 is 4.74 Å². The second-order valence-electron chi connectivity index (χ2n) is 4.73. The van der Waals surface area contributed by atoms with Crippen molar-refractivity contribution in [2.75, 3.05) is 19.4 Å². The number of nitrogens with one attached hydrogen (secondary N) is 1. The number of para-hydroxylation sites is 1. The third kappa shape index (κ3) is 4.55. The summed E-state index contributed by atoms with van der Waals surface area (Å²) in [6.07, 6.45) is 3.60. The number of likely N-dealkylation sites (N-methyl/N-ethyl adjacent to an activating group) is 1. The van der Waals surface area contributed by atoms with E-state index >= 15 is 0 Å². The molecule has 0 amide bonds. The lowest BCUT2D eigenvalue weighted by atomic mass is 10.0. The lowest BCUT2D eigenvalue weighted by molar-refractivity contribution is 0.288. The van der Waals surface area contributed by atoms with Crippen LogP contribution in [0.25, 0.3) is 0 Å². The summed E-state index contributed by atoms with van der Waals surface area (Å²) in [5.41, 5.74) is 6.89. The number of benzene rings is 1. The number of pyridine rings is 1. The molecule has 1 aromatic carbocycles. The van der Waals surface area contributed by atoms with Crippen molar-refractivity contribution >= 4 is 5.82 Å². The van der Waals surface area contributed by atoms with E-state index < -0.39 is 0 Å². The van der Waals surface area contributed by atoms with E-state index in [1.165, 1.54) is 5.56 Å². The molecule has 106 valence electrons. The molecule has 1 aromatic heterocycles. The van der Waals surface area contributed by atoms with Crippen LogP contribution in [0, 0.1) is 0 Å². The average Bonchev–Trinajstić information content (AvgIpc) is 2.47. The molecular weight excluding hydrogens is 250 g/mol. The SMILES string of the molecule is CNC(CCOc1ccccc1)Cc1ccnc(N)c1. The van der Waals surface area contributed by atoms with Crippen molar-refractivity contribution in [3.8, 4) is 5.75 Å². The zero-order valence-electron chi connectivity index (χ0n) is 11.8. The number of anilines is 1. The number of hydrogen-bond donors (Lipinski definition) is 2. The lowest BCUT2D eigenvalue weighted by Crippen LogP contribution is -2.29. The fourth-order valence-corrected chi connectivity index (χ4v) is 2.09. The van der Waals surface area contributed by atoms with Crippen LogP contribution in [0.3, 0.4) is 0 Å². The number of nitrogens with zero attached hydrogens (tertiary/aromatic N) is 1. The summed E-state index contributed by atoms with van der Waals surface area (Å²) >= 11 is 0. The highest BCUT2D eigenvalue weighted by Crippen LogP contribution is 2.11. The Balaban J connectivity index is 1.80. The second-order valence-corrected chi connectivity index (χ2v) is 4.73. The van der Waals surface area contributed by atoms with E-state index in [-0.39, 0.29) is 0 Å². The van der Waals surface area contributed by atoms with Crippen molar-refractivity contribution in [3.05, 3.63) is 54.2 Å². The lowest BCUT2D eigenvalue weighted by Gasteiger charge is -2.16. The molecule has 1 unspecified atom stereocenters. The van der Waals surface area contributed by atoms with Crippen LogP contribution >= 0.6 is 0 Å². The van der Waals surface area contributed by atoms with Crippen LogP contribution in [-0.4, -0.2) is 24.7 Å². The summed E-state index contributed by atoms with van der Waals surface area (Å²) < 4.78 is 5.72. The molecule has 3 N–H and O–H groups in total. The quantitative estimate of drug-likeness (QED) is 0.811. The van der Waals surface area contributed by atoms with Crippen LogP contribution in [0.15, 0.2) is 48.7 Å². The minimum Gasteiger partial charge on any atom is -0.494 e. The Bertz CT molecular complexity index is 516. The third-order valence-corrected chi connectivity index (χ3v) is 3.21. The molecule has 0 bridgehead atoms. The fraction of sp³-hybridized carbons (Fsp3) is 0.312. The van der Waals surface area contributed by atoms with E-state index in [1.54, 1.807) is 6.20 Å². The van der Waals surface area contributed by atoms with Crippen LogP contribution in [0.1, 0.15) is 12.0 Å². The summed E-state index contributed by atoms with van der Waals surface area (Å²) in [6, 6.07) is 14.2. The minimum atomic E-state index is 0.362. The van der Waals surface area contributed by atoms with Crippen LogP contribution in [-0.2, 0) is 6.42 Å². The van der Waals surface area contributed by atoms with Gasteiger partial charge in [0.2, 0.25) is 0 Å². The predicted molar refractivity (Wildman–Crippen MR) is 81.8 cm³/mol. The maximum absolute atomic E-state index is 5.72. The molecule has 0 radical (unpaired) electrons. The summed E-state index contributed by atoms with van der Waals surface area (Å²) in [4.78, 5) is 4.01. The molecule has 0 saturated carbocycles. The summed E-state index contributed by atoms with van der Waals surface area (Å²) in [5, 5.41) is 3.32. The predicted octanol–water partition coefficient (Wildman–Crippen LogP) is 2.26. The molecule has 0 saturated heterocycles. The summed E-state index contributed by atoms with van der Waals surface area (Å²) in [7, 11) is 1.97. The minimum absolute atomic E-state index is 0.362. The van der Waals surface area contributed by atoms with Gasteiger partial charge in [-0.05, 0) is 49.7 Å². The van der Waals surface area contributed by atoms with Gasteiger partial charge >= 0.3 is 0 Å². The van der Waals surface area contributed by atoms with Gasteiger partial charge in [0.05, 0.1) is 6.61 Å². The van der Waals surface area contributed by atoms with Crippen LogP contribution in [0.2, 0.25) is 0 Å². The van der Waals surface area contributed by atoms with E-state index in [1.807, 2.05) is 49.5 Å². The Morgan fingerprint density at radius 2 is 2.05 bits per heavy atom. The smallest absolute Gasteiger partial charge is 0.123 e. The molecule has 4 nitrogen and oxygen atoms in total. The summed E-state index contributed by atoms with van der Waals surface area (Å²) in [6.45, 7) is 0.691. The van der Waals surface area contributed by atoms with E-state index in [0.29, 0.717) is 18.5 Å². The number of aromatic nitrogens is 1. The Morgan fingerprint density at radius 1 is 1.25 bits per heavy atom. The largest absolute Gasteiger partial charge is 0.494 e. The van der Waals surface area contributed by atoms with E-state index in [9.17, 15) is 0 Å². The Morgan fingerprint density at radius 3 is 2.75 bits per heavy atom. The normalized spacial score (nSPS) is 12.1. The highest BCUT2D eigenvalue weighted by molar-refractivity contribution is 5.32. The molecular formula is C16H21N3O. The zero-order valence-corrected chi connectivity index (χ0v) is 11.8. The van der Waals surface area contributed by atoms with Gasteiger partial charge < -0.3 is 15.8 Å². The van der Waals surface area contributed by atoms with Gasteiger partial charge in [-0.1, -0.05) is 18.2 Å². The molecule has 0 fully saturated rings. The van der Waals surface area contributed by atoms with Gasteiger partial charge in [-0.25, -0.2) is 4.98 Å². The fourth-order valence-electron chi connectivity index (χ4n) is 2.09. The average molecular weight is 271 g/mol. The molecule has 0 spiro atoms. The van der Waals surface area contributed by atoms with Crippen molar-refractivity contribution in [3.63, 3.8) is 0 Å². The molecule has 1 heterocycles. The molecule has 20 heavy (non-hydrogen) atoms. The molecule has 2 aromatic rings. The molecule has 4 heteroatoms. The molecule has 1 atom stereocenters. The first-order valence-electron chi connectivity index (χ1n) is 6.83. The van der Waals surface area contributed by atoms with Gasteiger partial charge in [0, 0.05) is 12.2 Å². The topological polar surface area (TPSA) is 60.2 Å². The number of nitrogen functional groups attached to an aromatic ring is 1. The molecule has 0 aliphatic rings. The number of rotatable bonds is 7. The van der Waals surface area contributed by atoms with Gasteiger partial charge in [-0.15, -0.1) is 0 Å². The van der Waals surface area contributed by atoms with Crippen LogP contribution < -0.4 is 15.8 Å². The van der Waals surface area contributed by atoms with Crippen LogP contribution in [0.5, 0.6) is 5.75 Å². The summed E-state index contributed by atoms with van der Waals surface area (Å²) in [5.74, 6) is 1.48. The number of nitrogens with two attached hydrogens (primary N) is 1. The maximum atomic E-state index is 5.72. The molecule has 0 aliphatic carbocycles. The highest BCUT2D eigenvalue weighted by atomic mass is 16.5. The monoisotopic (exact) mass is 271 g/mol. The van der Waals surface area contributed by atoms with Gasteiger partial charge in [-0.3, -0.25) is 0 Å². The Labute approximate surface area is 120 Å². The first kappa shape index (κ1) is 14.3. The van der Waals surface area contributed by atoms with Crippen molar-refractivity contribution in [1.82, 2.24) is 10.3 Å². The Kier molecular flexibility index (Phi) is 5.38. The first-order valence-corrected chi connectivity index (χ1v) is 6.83. The van der Waals surface area contributed by atoms with Gasteiger partial charge in [-0.2, -0.15) is 0 Å². The standard InChI is InChI=1S/C16H21N3O/c1-18-14(11-13-7-9-19-16(17)12-13)8-10-20-15-5-3-2-4-6-15/h2-7,9,12,14,18H,8,10-11H2,1H3,(H2,17,19). The third-order valence-electron chi connectivity index (χ3n) is 3.21. The van der Waals surface area contributed by atoms with E-state index in [4.69, 9.17) is 10.5 Å². The maximum Gasteiger partial charge on any atom is 0.123 e. The van der Waals surface area contributed by atoms with Gasteiger partial charge in [0.1, 0.15) is 11.6 Å². The number of hydrogen-bond acceptors (Lipinski definition) is 4. The highest BCUT2D eigenvalue weighted by Gasteiger charge is 2.08. The second kappa shape index (κ2) is 7.50. The first-order chi connectivity index (χ1) is 9.78. The molecule has 2 rings (SSSR count). The van der Waals surface area contributed by atoms with Gasteiger partial charge in [0.15, 0.2) is 0 Å². The van der Waals surface area contributed by atoms with Gasteiger partial charge in [0.25, 0.3) is 0 Å².